The highest BCUT2D eigenvalue weighted by molar-refractivity contribution is 5.91. The summed E-state index contributed by atoms with van der Waals surface area (Å²) in [6.45, 7) is 0. The molecule has 0 unspecified atom stereocenters. The monoisotopic (exact) mass is 324 g/mol. The first-order valence-electron chi connectivity index (χ1n) is 8.31. The van der Waals surface area contributed by atoms with Crippen LogP contribution in [0.5, 0.6) is 11.5 Å². The largest absolute Gasteiger partial charge is 0.426 e. The lowest BCUT2D eigenvalue weighted by Crippen LogP contribution is -2.22. The Morgan fingerprint density at radius 1 is 0.750 bits per heavy atom. The van der Waals surface area contributed by atoms with Crippen molar-refractivity contribution in [3.63, 3.8) is 0 Å². The summed E-state index contributed by atoms with van der Waals surface area (Å²) in [7, 11) is 0. The maximum absolute atomic E-state index is 12.1. The summed E-state index contributed by atoms with van der Waals surface area (Å²) in [5.41, 5.74) is 0.413. The smallest absolute Gasteiger partial charge is 0.343 e. The van der Waals surface area contributed by atoms with E-state index in [4.69, 9.17) is 9.47 Å². The van der Waals surface area contributed by atoms with Crippen LogP contribution >= 0.6 is 0 Å². The predicted octanol–water partition coefficient (Wildman–Crippen LogP) is 4.39. The van der Waals surface area contributed by atoms with Gasteiger partial charge in [-0.25, -0.2) is 4.79 Å². The molecule has 3 rings (SSSR count). The van der Waals surface area contributed by atoms with Gasteiger partial charge in [0.15, 0.2) is 0 Å². The highest BCUT2D eigenvalue weighted by Crippen LogP contribution is 2.25. The Kier molecular flexibility index (Phi) is 5.26. The maximum atomic E-state index is 12.1. The number of para-hydroxylation sites is 1. The van der Waals surface area contributed by atoms with Crippen LogP contribution in [-0.2, 0) is 4.79 Å². The Labute approximate surface area is 141 Å². The van der Waals surface area contributed by atoms with Crippen molar-refractivity contribution in [1.82, 2.24) is 0 Å². The van der Waals surface area contributed by atoms with Crippen molar-refractivity contribution in [3.8, 4) is 11.5 Å². The summed E-state index contributed by atoms with van der Waals surface area (Å²) in [5.74, 6) is 0.347. The first-order valence-corrected chi connectivity index (χ1v) is 8.31. The molecule has 0 radical (unpaired) electrons. The van der Waals surface area contributed by atoms with Crippen molar-refractivity contribution in [3.05, 3.63) is 60.2 Å². The fourth-order valence-corrected chi connectivity index (χ4v) is 2.85. The lowest BCUT2D eigenvalue weighted by Gasteiger charge is -2.19. The van der Waals surface area contributed by atoms with E-state index in [1.54, 1.807) is 48.5 Å². The van der Waals surface area contributed by atoms with Crippen molar-refractivity contribution >= 4 is 11.9 Å². The van der Waals surface area contributed by atoms with Gasteiger partial charge in [-0.3, -0.25) is 4.79 Å². The maximum Gasteiger partial charge on any atom is 0.343 e. The predicted molar refractivity (Wildman–Crippen MR) is 90.1 cm³/mol. The van der Waals surface area contributed by atoms with Crippen LogP contribution in [0.25, 0.3) is 0 Å². The van der Waals surface area contributed by atoms with Gasteiger partial charge in [0, 0.05) is 0 Å². The number of hydrogen-bond donors (Lipinski definition) is 0. The Morgan fingerprint density at radius 2 is 1.38 bits per heavy atom. The minimum atomic E-state index is -0.439. The topological polar surface area (TPSA) is 52.6 Å². The van der Waals surface area contributed by atoms with E-state index in [-0.39, 0.29) is 11.9 Å². The Hall–Kier alpha value is -2.62. The number of carbonyl (C=O) groups excluding carboxylic acids is 2. The van der Waals surface area contributed by atoms with Crippen LogP contribution in [0, 0.1) is 5.92 Å². The standard InChI is InChI=1S/C20H20O4/c21-19(15-7-3-1-4-8-15)24-18-13-11-16(12-14-18)20(22)23-17-9-5-2-6-10-17/h2,5-6,9-15H,1,3-4,7-8H2. The summed E-state index contributed by atoms with van der Waals surface area (Å²) in [6.07, 6.45) is 5.18. The summed E-state index contributed by atoms with van der Waals surface area (Å²) in [5, 5.41) is 0. The highest BCUT2D eigenvalue weighted by Gasteiger charge is 2.23. The molecule has 2 aromatic carbocycles. The molecule has 0 heterocycles. The van der Waals surface area contributed by atoms with Gasteiger partial charge in [0.2, 0.25) is 0 Å². The molecule has 0 amide bonds. The van der Waals surface area contributed by atoms with E-state index in [9.17, 15) is 9.59 Å². The lowest BCUT2D eigenvalue weighted by molar-refractivity contribution is -0.139. The second-order valence-electron chi connectivity index (χ2n) is 5.98. The van der Waals surface area contributed by atoms with Gasteiger partial charge >= 0.3 is 11.9 Å². The Balaban J connectivity index is 1.58. The van der Waals surface area contributed by atoms with E-state index >= 15 is 0 Å². The van der Waals surface area contributed by atoms with Crippen LogP contribution < -0.4 is 9.47 Å². The van der Waals surface area contributed by atoms with Gasteiger partial charge in [-0.2, -0.15) is 0 Å². The van der Waals surface area contributed by atoms with Gasteiger partial charge in [-0.05, 0) is 49.2 Å². The van der Waals surface area contributed by atoms with E-state index < -0.39 is 5.97 Å². The molecule has 1 aliphatic carbocycles. The fraction of sp³-hybridized carbons (Fsp3) is 0.300. The number of carbonyl (C=O) groups is 2. The van der Waals surface area contributed by atoms with Gasteiger partial charge in [0.1, 0.15) is 11.5 Å². The molecule has 0 bridgehead atoms. The molecule has 0 atom stereocenters. The molecule has 0 saturated heterocycles. The Bertz CT molecular complexity index is 685. The summed E-state index contributed by atoms with van der Waals surface area (Å²) in [6, 6.07) is 15.4. The molecule has 0 aromatic heterocycles. The van der Waals surface area contributed by atoms with Gasteiger partial charge in [0.05, 0.1) is 11.5 Å². The minimum Gasteiger partial charge on any atom is -0.426 e. The molecular weight excluding hydrogens is 304 g/mol. The van der Waals surface area contributed by atoms with Gasteiger partial charge in [-0.15, -0.1) is 0 Å². The molecule has 0 aliphatic heterocycles. The zero-order chi connectivity index (χ0) is 16.8. The molecule has 124 valence electrons. The zero-order valence-electron chi connectivity index (χ0n) is 13.4. The molecule has 2 aromatic rings. The molecule has 0 N–H and O–H groups in total. The third-order valence-corrected chi connectivity index (χ3v) is 4.20. The van der Waals surface area contributed by atoms with Crippen molar-refractivity contribution in [2.45, 2.75) is 32.1 Å². The van der Waals surface area contributed by atoms with Crippen molar-refractivity contribution in [2.75, 3.05) is 0 Å². The van der Waals surface area contributed by atoms with Crippen molar-refractivity contribution < 1.29 is 19.1 Å². The number of esters is 2. The SMILES string of the molecule is O=C(Oc1ccccc1)c1ccc(OC(=O)C2CCCCC2)cc1. The number of ether oxygens (including phenoxy) is 2. The lowest BCUT2D eigenvalue weighted by atomic mass is 9.89. The van der Waals surface area contributed by atoms with E-state index in [0.29, 0.717) is 17.1 Å². The third-order valence-electron chi connectivity index (χ3n) is 4.20. The normalized spacial score (nSPS) is 14.8. The van der Waals surface area contributed by atoms with Crippen LogP contribution in [0.1, 0.15) is 42.5 Å². The highest BCUT2D eigenvalue weighted by atomic mass is 16.5. The Morgan fingerprint density at radius 3 is 2.04 bits per heavy atom. The van der Waals surface area contributed by atoms with Crippen LogP contribution in [0.15, 0.2) is 54.6 Å². The third kappa shape index (κ3) is 4.22. The van der Waals surface area contributed by atoms with Gasteiger partial charge in [0.25, 0.3) is 0 Å². The molecule has 4 heteroatoms. The van der Waals surface area contributed by atoms with Gasteiger partial charge in [-0.1, -0.05) is 37.5 Å². The first kappa shape index (κ1) is 16.2. The average Bonchev–Trinajstić information content (AvgIpc) is 2.64. The molecular formula is C20H20O4. The minimum absolute atomic E-state index is 0.00136. The number of rotatable bonds is 4. The average molecular weight is 324 g/mol. The second-order valence-corrected chi connectivity index (χ2v) is 5.98. The van der Waals surface area contributed by atoms with Crippen LogP contribution in [0.4, 0.5) is 0 Å². The summed E-state index contributed by atoms with van der Waals surface area (Å²) >= 11 is 0. The van der Waals surface area contributed by atoms with Crippen LogP contribution in [0.2, 0.25) is 0 Å². The van der Waals surface area contributed by atoms with E-state index in [1.807, 2.05) is 6.07 Å². The van der Waals surface area contributed by atoms with Gasteiger partial charge < -0.3 is 9.47 Å². The molecule has 1 saturated carbocycles. The molecule has 24 heavy (non-hydrogen) atoms. The summed E-state index contributed by atoms with van der Waals surface area (Å²) in [4.78, 5) is 24.2. The first-order chi connectivity index (χ1) is 11.7. The number of benzene rings is 2. The van der Waals surface area contributed by atoms with Crippen molar-refractivity contribution in [1.29, 1.82) is 0 Å². The van der Waals surface area contributed by atoms with Crippen LogP contribution in [-0.4, -0.2) is 11.9 Å². The zero-order valence-corrected chi connectivity index (χ0v) is 13.4. The van der Waals surface area contributed by atoms with E-state index in [0.717, 1.165) is 25.7 Å². The number of hydrogen-bond acceptors (Lipinski definition) is 4. The van der Waals surface area contributed by atoms with E-state index in [1.165, 1.54) is 6.42 Å². The molecule has 1 aliphatic rings. The quantitative estimate of drug-likeness (QED) is 0.618. The van der Waals surface area contributed by atoms with Crippen LogP contribution in [0.3, 0.4) is 0 Å². The molecule has 1 fully saturated rings. The molecule has 4 nitrogen and oxygen atoms in total. The van der Waals surface area contributed by atoms with E-state index in [2.05, 4.69) is 0 Å². The fourth-order valence-electron chi connectivity index (χ4n) is 2.85. The molecule has 0 spiro atoms. The summed E-state index contributed by atoms with van der Waals surface area (Å²) < 4.78 is 10.7. The van der Waals surface area contributed by atoms with Crippen molar-refractivity contribution in [2.24, 2.45) is 5.92 Å². The second kappa shape index (κ2) is 7.77.